The van der Waals surface area contributed by atoms with Crippen LogP contribution in [0.15, 0.2) is 11.6 Å². The van der Waals surface area contributed by atoms with E-state index < -0.39 is 5.97 Å². The molecule has 0 fully saturated rings. The van der Waals surface area contributed by atoms with Crippen molar-refractivity contribution in [1.82, 2.24) is 0 Å². The summed E-state index contributed by atoms with van der Waals surface area (Å²) in [4.78, 5) is 10.9. The molecule has 0 bridgehead atoms. The van der Waals surface area contributed by atoms with Crippen LogP contribution >= 0.6 is 0 Å². The highest BCUT2D eigenvalue weighted by Crippen LogP contribution is 2.21. The quantitative estimate of drug-likeness (QED) is 0.152. The molecule has 2 atom stereocenters. The average Bonchev–Trinajstić information content (AvgIpc) is 2.67. The minimum absolute atomic E-state index is 0.363. The molecule has 0 aromatic rings. The van der Waals surface area contributed by atoms with Gasteiger partial charge in [-0.25, -0.2) is 4.79 Å². The van der Waals surface area contributed by atoms with E-state index in [2.05, 4.69) is 20.8 Å². The van der Waals surface area contributed by atoms with Crippen molar-refractivity contribution in [3.8, 4) is 0 Å². The van der Waals surface area contributed by atoms with E-state index in [9.17, 15) is 4.79 Å². The number of hydrogen-bond acceptors (Lipinski definition) is 1. The van der Waals surface area contributed by atoms with Gasteiger partial charge in [0.05, 0.1) is 0 Å². The number of aliphatic carboxylic acids is 1. The Morgan fingerprint density at radius 2 is 1.10 bits per heavy atom. The number of rotatable bonds is 21. The summed E-state index contributed by atoms with van der Waals surface area (Å²) in [6.45, 7) is 8.43. The Kier molecular flexibility index (Phi) is 19.9. The molecule has 0 aliphatic carbocycles. The highest BCUT2D eigenvalue weighted by atomic mass is 16.4. The largest absolute Gasteiger partial charge is 0.478 e. The fraction of sp³-hybridized carbons (Fsp3) is 0.889. The van der Waals surface area contributed by atoms with Crippen LogP contribution in [0.5, 0.6) is 0 Å². The smallest absolute Gasteiger partial charge is 0.330 e. The van der Waals surface area contributed by atoms with Gasteiger partial charge >= 0.3 is 5.97 Å². The van der Waals surface area contributed by atoms with Crippen molar-refractivity contribution in [2.75, 3.05) is 0 Å². The monoisotopic (exact) mass is 408 g/mol. The van der Waals surface area contributed by atoms with E-state index >= 15 is 0 Å². The number of unbranched alkanes of at least 4 members (excludes halogenated alkanes) is 15. The Bertz CT molecular complexity index is 399. The first-order valence-corrected chi connectivity index (χ1v) is 12.9. The normalized spacial score (nSPS) is 14.1. The van der Waals surface area contributed by atoms with Crippen molar-refractivity contribution < 1.29 is 9.90 Å². The molecule has 29 heavy (non-hydrogen) atoms. The molecule has 2 nitrogen and oxygen atoms in total. The molecule has 2 heteroatoms. The molecule has 0 aliphatic rings. The summed E-state index contributed by atoms with van der Waals surface area (Å²) in [7, 11) is 0. The summed E-state index contributed by atoms with van der Waals surface area (Å²) in [5.41, 5.74) is 0.479. The predicted molar refractivity (Wildman–Crippen MR) is 129 cm³/mol. The lowest BCUT2D eigenvalue weighted by Crippen LogP contribution is -2.04. The van der Waals surface area contributed by atoms with Gasteiger partial charge in [0, 0.05) is 5.57 Å². The second-order valence-electron chi connectivity index (χ2n) is 9.56. The van der Waals surface area contributed by atoms with Gasteiger partial charge in [0.1, 0.15) is 0 Å². The maximum Gasteiger partial charge on any atom is 0.330 e. The van der Waals surface area contributed by atoms with E-state index in [0.29, 0.717) is 17.4 Å². The first-order valence-electron chi connectivity index (χ1n) is 12.9. The minimum Gasteiger partial charge on any atom is -0.478 e. The molecule has 0 aromatic carbocycles. The van der Waals surface area contributed by atoms with Crippen LogP contribution in [-0.2, 0) is 4.79 Å². The Morgan fingerprint density at radius 3 is 1.48 bits per heavy atom. The fourth-order valence-corrected chi connectivity index (χ4v) is 4.36. The SMILES string of the molecule is CCCCCCCCCCCCCCCCCCC(C)CC(C)/C=C(/C)C(=O)O. The summed E-state index contributed by atoms with van der Waals surface area (Å²) in [6.07, 6.45) is 27.0. The fourth-order valence-electron chi connectivity index (χ4n) is 4.36. The molecule has 2 unspecified atom stereocenters. The first-order chi connectivity index (χ1) is 14.0. The van der Waals surface area contributed by atoms with Gasteiger partial charge in [0.2, 0.25) is 0 Å². The van der Waals surface area contributed by atoms with Gasteiger partial charge in [-0.1, -0.05) is 136 Å². The van der Waals surface area contributed by atoms with Crippen LogP contribution in [0.2, 0.25) is 0 Å². The lowest BCUT2D eigenvalue weighted by atomic mass is 9.91. The highest BCUT2D eigenvalue weighted by molar-refractivity contribution is 5.85. The topological polar surface area (TPSA) is 37.3 Å². The van der Waals surface area contributed by atoms with Crippen LogP contribution in [0.1, 0.15) is 143 Å². The van der Waals surface area contributed by atoms with E-state index in [0.717, 1.165) is 6.42 Å². The van der Waals surface area contributed by atoms with Gasteiger partial charge in [0.15, 0.2) is 0 Å². The molecule has 0 aromatic heterocycles. The Balaban J connectivity index is 3.34. The maximum atomic E-state index is 10.9. The third-order valence-corrected chi connectivity index (χ3v) is 6.20. The summed E-state index contributed by atoms with van der Waals surface area (Å²) >= 11 is 0. The molecular weight excluding hydrogens is 356 g/mol. The van der Waals surface area contributed by atoms with Crippen molar-refractivity contribution in [3.63, 3.8) is 0 Å². The molecular formula is C27H52O2. The summed E-state index contributed by atoms with van der Waals surface area (Å²) in [6, 6.07) is 0. The molecule has 0 radical (unpaired) electrons. The second-order valence-corrected chi connectivity index (χ2v) is 9.56. The first kappa shape index (κ1) is 28.2. The van der Waals surface area contributed by atoms with Crippen molar-refractivity contribution >= 4 is 5.97 Å². The number of hydrogen-bond donors (Lipinski definition) is 1. The van der Waals surface area contributed by atoms with Gasteiger partial charge in [-0.2, -0.15) is 0 Å². The van der Waals surface area contributed by atoms with Crippen LogP contribution in [0.3, 0.4) is 0 Å². The zero-order valence-corrected chi connectivity index (χ0v) is 20.3. The van der Waals surface area contributed by atoms with E-state index in [1.54, 1.807) is 6.92 Å². The molecule has 0 saturated carbocycles. The van der Waals surface area contributed by atoms with Gasteiger partial charge in [-0.3, -0.25) is 0 Å². The molecule has 172 valence electrons. The van der Waals surface area contributed by atoms with Crippen molar-refractivity contribution in [1.29, 1.82) is 0 Å². The Hall–Kier alpha value is -0.790. The van der Waals surface area contributed by atoms with Crippen molar-refractivity contribution in [2.24, 2.45) is 11.8 Å². The standard InChI is InChI=1S/C27H52O2/c1-5-6-7-8-9-10-11-12-13-14-15-16-17-18-19-20-21-24(2)22-25(3)23-26(4)27(28)29/h23-25H,5-22H2,1-4H3,(H,28,29)/b26-23-. The second kappa shape index (κ2) is 20.5. The highest BCUT2D eigenvalue weighted by Gasteiger charge is 2.09. The molecule has 0 amide bonds. The Morgan fingerprint density at radius 1 is 0.724 bits per heavy atom. The van der Waals surface area contributed by atoms with Gasteiger partial charge in [-0.05, 0) is 25.2 Å². The number of allylic oxidation sites excluding steroid dienone is 1. The predicted octanol–water partition coefficient (Wildman–Crippen LogP) is 9.33. The zero-order valence-electron chi connectivity index (χ0n) is 20.3. The molecule has 0 heterocycles. The third kappa shape index (κ3) is 20.3. The number of carboxylic acid groups (broad SMARTS) is 1. The lowest BCUT2D eigenvalue weighted by molar-refractivity contribution is -0.132. The van der Waals surface area contributed by atoms with Gasteiger partial charge in [-0.15, -0.1) is 0 Å². The average molecular weight is 409 g/mol. The van der Waals surface area contributed by atoms with Crippen LogP contribution in [0.4, 0.5) is 0 Å². The summed E-state index contributed by atoms with van der Waals surface area (Å²) in [5, 5.41) is 8.96. The minimum atomic E-state index is -0.790. The third-order valence-electron chi connectivity index (χ3n) is 6.20. The molecule has 0 aliphatic heterocycles. The summed E-state index contributed by atoms with van der Waals surface area (Å²) < 4.78 is 0. The van der Waals surface area contributed by atoms with E-state index in [1.807, 2.05) is 6.08 Å². The van der Waals surface area contributed by atoms with Crippen LogP contribution < -0.4 is 0 Å². The molecule has 0 spiro atoms. The Labute approximate surface area is 182 Å². The van der Waals surface area contributed by atoms with Crippen LogP contribution in [0, 0.1) is 11.8 Å². The van der Waals surface area contributed by atoms with E-state index in [4.69, 9.17) is 5.11 Å². The lowest BCUT2D eigenvalue weighted by Gasteiger charge is -2.15. The zero-order chi connectivity index (χ0) is 21.7. The summed E-state index contributed by atoms with van der Waals surface area (Å²) in [5.74, 6) is 0.263. The maximum absolute atomic E-state index is 10.9. The van der Waals surface area contributed by atoms with Gasteiger partial charge in [0.25, 0.3) is 0 Å². The van der Waals surface area contributed by atoms with Crippen molar-refractivity contribution in [3.05, 3.63) is 11.6 Å². The number of carbonyl (C=O) groups is 1. The van der Waals surface area contributed by atoms with Gasteiger partial charge < -0.3 is 5.11 Å². The van der Waals surface area contributed by atoms with Crippen LogP contribution in [0.25, 0.3) is 0 Å². The van der Waals surface area contributed by atoms with E-state index in [1.165, 1.54) is 109 Å². The van der Waals surface area contributed by atoms with Crippen LogP contribution in [-0.4, -0.2) is 11.1 Å². The van der Waals surface area contributed by atoms with E-state index in [-0.39, 0.29) is 0 Å². The molecule has 0 saturated heterocycles. The molecule has 1 N–H and O–H groups in total. The number of carboxylic acids is 1. The van der Waals surface area contributed by atoms with Crippen molar-refractivity contribution in [2.45, 2.75) is 143 Å². The molecule has 0 rings (SSSR count).